The Balaban J connectivity index is 4.11. The van der Waals surface area contributed by atoms with Gasteiger partial charge in [0.05, 0.1) is 6.10 Å². The van der Waals surface area contributed by atoms with Crippen molar-refractivity contribution >= 4 is 5.78 Å². The monoisotopic (exact) mass is 208 g/mol. The number of rotatable bonds is 7. The highest BCUT2D eigenvalue weighted by Crippen LogP contribution is 2.22. The van der Waals surface area contributed by atoms with Crippen LogP contribution >= 0.6 is 0 Å². The SMILES string of the molecule is C#CCC(O)C[C@H](CCC(C)=O)C(=C)C. The third kappa shape index (κ3) is 6.93. The number of allylic oxidation sites excluding steroid dienone is 1. The average molecular weight is 208 g/mol. The Morgan fingerprint density at radius 1 is 1.53 bits per heavy atom. The van der Waals surface area contributed by atoms with E-state index in [-0.39, 0.29) is 11.7 Å². The number of ketones is 1. The van der Waals surface area contributed by atoms with Gasteiger partial charge in [0.2, 0.25) is 0 Å². The molecule has 0 spiro atoms. The molecule has 0 saturated heterocycles. The molecule has 0 aromatic heterocycles. The van der Waals surface area contributed by atoms with Crippen molar-refractivity contribution < 1.29 is 9.90 Å². The van der Waals surface area contributed by atoms with E-state index >= 15 is 0 Å². The summed E-state index contributed by atoms with van der Waals surface area (Å²) in [7, 11) is 0. The number of carbonyl (C=O) groups is 1. The summed E-state index contributed by atoms with van der Waals surface area (Å²) >= 11 is 0. The van der Waals surface area contributed by atoms with E-state index in [1.165, 1.54) is 0 Å². The third-order valence-corrected chi connectivity index (χ3v) is 2.45. The van der Waals surface area contributed by atoms with E-state index in [9.17, 15) is 9.90 Å². The smallest absolute Gasteiger partial charge is 0.129 e. The van der Waals surface area contributed by atoms with E-state index in [1.54, 1.807) is 6.92 Å². The molecule has 2 nitrogen and oxygen atoms in total. The van der Waals surface area contributed by atoms with Crippen LogP contribution in [0, 0.1) is 18.3 Å². The molecule has 84 valence electrons. The van der Waals surface area contributed by atoms with Gasteiger partial charge in [-0.15, -0.1) is 12.3 Å². The molecular weight excluding hydrogens is 188 g/mol. The van der Waals surface area contributed by atoms with Crippen molar-refractivity contribution in [3.05, 3.63) is 12.2 Å². The first-order valence-electron chi connectivity index (χ1n) is 5.23. The molecule has 0 aromatic carbocycles. The van der Waals surface area contributed by atoms with Gasteiger partial charge in [-0.2, -0.15) is 0 Å². The van der Waals surface area contributed by atoms with Crippen LogP contribution in [0.4, 0.5) is 0 Å². The fourth-order valence-corrected chi connectivity index (χ4v) is 1.49. The summed E-state index contributed by atoms with van der Waals surface area (Å²) in [6.07, 6.45) is 6.90. The van der Waals surface area contributed by atoms with Crippen LogP contribution in [0.25, 0.3) is 0 Å². The number of terminal acetylenes is 1. The first-order chi connectivity index (χ1) is 6.97. The molecule has 15 heavy (non-hydrogen) atoms. The van der Waals surface area contributed by atoms with Crippen molar-refractivity contribution in [2.24, 2.45) is 5.92 Å². The predicted molar refractivity (Wildman–Crippen MR) is 62.3 cm³/mol. The van der Waals surface area contributed by atoms with Gasteiger partial charge in [0, 0.05) is 12.8 Å². The maximum Gasteiger partial charge on any atom is 0.129 e. The molecule has 0 amide bonds. The molecule has 0 radical (unpaired) electrons. The second-order valence-electron chi connectivity index (χ2n) is 4.08. The highest BCUT2D eigenvalue weighted by molar-refractivity contribution is 5.75. The summed E-state index contributed by atoms with van der Waals surface area (Å²) < 4.78 is 0. The van der Waals surface area contributed by atoms with Gasteiger partial charge in [0.15, 0.2) is 0 Å². The van der Waals surface area contributed by atoms with E-state index < -0.39 is 6.10 Å². The Morgan fingerprint density at radius 3 is 2.53 bits per heavy atom. The molecule has 0 aliphatic carbocycles. The number of Topliss-reactive ketones (excluding diaryl/α,β-unsaturated/α-hetero) is 1. The fraction of sp³-hybridized carbons (Fsp3) is 0.615. The molecule has 0 aliphatic heterocycles. The summed E-state index contributed by atoms with van der Waals surface area (Å²) in [5.41, 5.74) is 1.01. The molecule has 0 aliphatic rings. The Hall–Kier alpha value is -1.07. The van der Waals surface area contributed by atoms with Crippen molar-refractivity contribution in [3.63, 3.8) is 0 Å². The number of hydrogen-bond donors (Lipinski definition) is 1. The van der Waals surface area contributed by atoms with Gasteiger partial charge in [0.25, 0.3) is 0 Å². The first kappa shape index (κ1) is 13.9. The number of aliphatic hydroxyl groups is 1. The van der Waals surface area contributed by atoms with Gasteiger partial charge in [-0.3, -0.25) is 0 Å². The van der Waals surface area contributed by atoms with Crippen molar-refractivity contribution in [1.29, 1.82) is 0 Å². The first-order valence-corrected chi connectivity index (χ1v) is 5.23. The number of hydrogen-bond acceptors (Lipinski definition) is 2. The lowest BCUT2D eigenvalue weighted by molar-refractivity contribution is -0.117. The topological polar surface area (TPSA) is 37.3 Å². The standard InChI is InChI=1S/C13H20O2/c1-5-6-13(15)9-12(10(2)3)8-7-11(4)14/h1,12-13,15H,2,6-9H2,3-4H3/t12-,13?/m0/s1. The zero-order valence-corrected chi connectivity index (χ0v) is 9.62. The minimum Gasteiger partial charge on any atom is -0.392 e. The van der Waals surface area contributed by atoms with E-state index in [1.807, 2.05) is 6.92 Å². The van der Waals surface area contributed by atoms with E-state index in [4.69, 9.17) is 6.42 Å². The lowest BCUT2D eigenvalue weighted by Gasteiger charge is -2.19. The van der Waals surface area contributed by atoms with E-state index in [2.05, 4.69) is 12.5 Å². The van der Waals surface area contributed by atoms with Crippen LogP contribution in [0.3, 0.4) is 0 Å². The molecule has 0 heterocycles. The molecule has 0 aromatic rings. The van der Waals surface area contributed by atoms with Crippen LogP contribution < -0.4 is 0 Å². The lowest BCUT2D eigenvalue weighted by atomic mass is 9.89. The Labute approximate surface area is 92.4 Å². The number of aliphatic hydroxyl groups excluding tert-OH is 1. The second kappa shape index (κ2) is 7.25. The van der Waals surface area contributed by atoms with Crippen molar-refractivity contribution in [3.8, 4) is 12.3 Å². The van der Waals surface area contributed by atoms with Gasteiger partial charge in [-0.05, 0) is 32.6 Å². The van der Waals surface area contributed by atoms with Crippen LogP contribution in [0.1, 0.15) is 39.5 Å². The van der Waals surface area contributed by atoms with E-state index in [0.29, 0.717) is 19.3 Å². The third-order valence-electron chi connectivity index (χ3n) is 2.45. The van der Waals surface area contributed by atoms with Gasteiger partial charge in [-0.25, -0.2) is 0 Å². The van der Waals surface area contributed by atoms with Crippen molar-refractivity contribution in [1.82, 2.24) is 0 Å². The maximum absolute atomic E-state index is 10.9. The fourth-order valence-electron chi connectivity index (χ4n) is 1.49. The van der Waals surface area contributed by atoms with Gasteiger partial charge in [0.1, 0.15) is 5.78 Å². The minimum atomic E-state index is -0.483. The molecule has 2 atom stereocenters. The van der Waals surface area contributed by atoms with Crippen LogP contribution in [0.2, 0.25) is 0 Å². The maximum atomic E-state index is 10.9. The molecule has 1 unspecified atom stereocenters. The summed E-state index contributed by atoms with van der Waals surface area (Å²) in [5.74, 6) is 2.80. The van der Waals surface area contributed by atoms with Crippen LogP contribution in [-0.2, 0) is 4.79 Å². The Kier molecular flexibility index (Phi) is 6.73. The zero-order valence-electron chi connectivity index (χ0n) is 9.62. The van der Waals surface area contributed by atoms with Crippen molar-refractivity contribution in [2.75, 3.05) is 0 Å². The predicted octanol–water partition coefficient (Wildman–Crippen LogP) is 2.32. The minimum absolute atomic E-state index is 0.174. The molecule has 0 bridgehead atoms. The highest BCUT2D eigenvalue weighted by atomic mass is 16.3. The zero-order chi connectivity index (χ0) is 11.8. The highest BCUT2D eigenvalue weighted by Gasteiger charge is 2.15. The average Bonchev–Trinajstić information content (AvgIpc) is 2.11. The largest absolute Gasteiger partial charge is 0.392 e. The molecule has 0 saturated carbocycles. The van der Waals surface area contributed by atoms with Gasteiger partial charge < -0.3 is 9.90 Å². The molecule has 0 rings (SSSR count). The van der Waals surface area contributed by atoms with Crippen LogP contribution in [0.5, 0.6) is 0 Å². The molecular formula is C13H20O2. The van der Waals surface area contributed by atoms with Gasteiger partial charge in [-0.1, -0.05) is 12.2 Å². The molecule has 2 heteroatoms. The Bertz CT molecular complexity index is 260. The second-order valence-corrected chi connectivity index (χ2v) is 4.08. The molecule has 1 N–H and O–H groups in total. The summed E-state index contributed by atoms with van der Waals surface area (Å²) in [5, 5.41) is 9.57. The normalized spacial score (nSPS) is 14.0. The molecule has 0 fully saturated rings. The van der Waals surface area contributed by atoms with E-state index in [0.717, 1.165) is 12.0 Å². The Morgan fingerprint density at radius 2 is 2.13 bits per heavy atom. The number of carbonyl (C=O) groups excluding carboxylic acids is 1. The quantitative estimate of drug-likeness (QED) is 0.515. The van der Waals surface area contributed by atoms with Crippen molar-refractivity contribution in [2.45, 2.75) is 45.6 Å². The van der Waals surface area contributed by atoms with Gasteiger partial charge >= 0.3 is 0 Å². The lowest BCUT2D eigenvalue weighted by Crippen LogP contribution is -2.14. The summed E-state index contributed by atoms with van der Waals surface area (Å²) in [6.45, 7) is 7.37. The summed E-state index contributed by atoms with van der Waals surface area (Å²) in [4.78, 5) is 10.9. The van der Waals surface area contributed by atoms with Crippen LogP contribution in [0.15, 0.2) is 12.2 Å². The summed E-state index contributed by atoms with van der Waals surface area (Å²) in [6, 6.07) is 0. The van der Waals surface area contributed by atoms with Crippen LogP contribution in [-0.4, -0.2) is 17.0 Å².